The SMILES string of the molecule is CC(Oc1cccc(Cl)c1)C(=O)NC1CCC(C(=O)O)C1. The fourth-order valence-electron chi connectivity index (χ4n) is 2.45. The van der Waals surface area contributed by atoms with Crippen molar-refractivity contribution in [3.05, 3.63) is 29.3 Å². The minimum absolute atomic E-state index is 0.0935. The van der Waals surface area contributed by atoms with Crippen LogP contribution < -0.4 is 10.1 Å². The normalized spacial score (nSPS) is 22.6. The van der Waals surface area contributed by atoms with Crippen molar-refractivity contribution in [2.45, 2.75) is 38.3 Å². The average molecular weight is 312 g/mol. The predicted molar refractivity (Wildman–Crippen MR) is 78.4 cm³/mol. The standard InChI is InChI=1S/C15H18ClNO4/c1-9(21-13-4-2-3-11(16)8-13)14(18)17-12-6-5-10(7-12)15(19)20/h2-4,8-10,12H,5-7H2,1H3,(H,17,18)(H,19,20). The number of benzene rings is 1. The first kappa shape index (κ1) is 15.6. The van der Waals surface area contributed by atoms with Crippen molar-refractivity contribution in [1.82, 2.24) is 5.32 Å². The molecule has 1 aliphatic carbocycles. The Morgan fingerprint density at radius 3 is 2.81 bits per heavy atom. The minimum atomic E-state index is -0.796. The Morgan fingerprint density at radius 1 is 1.43 bits per heavy atom. The Labute approximate surface area is 128 Å². The number of hydrogen-bond donors (Lipinski definition) is 2. The lowest BCUT2D eigenvalue weighted by atomic mass is 10.1. The number of hydrogen-bond acceptors (Lipinski definition) is 3. The lowest BCUT2D eigenvalue weighted by Crippen LogP contribution is -2.41. The number of carbonyl (C=O) groups is 2. The van der Waals surface area contributed by atoms with Crippen molar-refractivity contribution in [2.75, 3.05) is 0 Å². The third-order valence-electron chi connectivity index (χ3n) is 3.61. The molecule has 1 aromatic carbocycles. The zero-order chi connectivity index (χ0) is 15.4. The van der Waals surface area contributed by atoms with Gasteiger partial charge in [0.15, 0.2) is 6.10 Å². The number of carboxylic acid groups (broad SMARTS) is 1. The van der Waals surface area contributed by atoms with Gasteiger partial charge in [-0.25, -0.2) is 0 Å². The summed E-state index contributed by atoms with van der Waals surface area (Å²) in [5.41, 5.74) is 0. The van der Waals surface area contributed by atoms with E-state index < -0.39 is 12.1 Å². The summed E-state index contributed by atoms with van der Waals surface area (Å²) in [6.07, 6.45) is 1.11. The third-order valence-corrected chi connectivity index (χ3v) is 3.84. The maximum absolute atomic E-state index is 12.0. The van der Waals surface area contributed by atoms with Crippen LogP contribution in [-0.2, 0) is 9.59 Å². The maximum Gasteiger partial charge on any atom is 0.306 e. The van der Waals surface area contributed by atoms with Gasteiger partial charge in [0.1, 0.15) is 5.75 Å². The molecule has 0 spiro atoms. The minimum Gasteiger partial charge on any atom is -0.481 e. The zero-order valence-electron chi connectivity index (χ0n) is 11.7. The molecule has 21 heavy (non-hydrogen) atoms. The molecule has 0 bridgehead atoms. The molecule has 0 aromatic heterocycles. The first-order valence-electron chi connectivity index (χ1n) is 6.91. The second kappa shape index (κ2) is 6.80. The van der Waals surface area contributed by atoms with Gasteiger partial charge in [-0.2, -0.15) is 0 Å². The molecule has 1 amide bonds. The van der Waals surface area contributed by atoms with Crippen LogP contribution in [-0.4, -0.2) is 29.1 Å². The summed E-state index contributed by atoms with van der Waals surface area (Å²) in [7, 11) is 0. The van der Waals surface area contributed by atoms with Crippen LogP contribution in [0.15, 0.2) is 24.3 Å². The quantitative estimate of drug-likeness (QED) is 0.876. The van der Waals surface area contributed by atoms with Gasteiger partial charge < -0.3 is 15.2 Å². The molecule has 3 unspecified atom stereocenters. The summed E-state index contributed by atoms with van der Waals surface area (Å²) >= 11 is 5.85. The summed E-state index contributed by atoms with van der Waals surface area (Å²) < 4.78 is 5.53. The molecule has 0 radical (unpaired) electrons. The molecular formula is C15H18ClNO4. The van der Waals surface area contributed by atoms with Crippen molar-refractivity contribution < 1.29 is 19.4 Å². The number of ether oxygens (including phenoxy) is 1. The summed E-state index contributed by atoms with van der Waals surface area (Å²) in [4.78, 5) is 22.9. The van der Waals surface area contributed by atoms with E-state index in [4.69, 9.17) is 21.4 Å². The van der Waals surface area contributed by atoms with E-state index in [1.54, 1.807) is 31.2 Å². The van der Waals surface area contributed by atoms with Crippen LogP contribution in [0.2, 0.25) is 5.02 Å². The number of nitrogens with one attached hydrogen (secondary N) is 1. The molecule has 0 aliphatic heterocycles. The van der Waals surface area contributed by atoms with Crippen LogP contribution in [0.4, 0.5) is 0 Å². The first-order valence-corrected chi connectivity index (χ1v) is 7.29. The fourth-order valence-corrected chi connectivity index (χ4v) is 2.63. The van der Waals surface area contributed by atoms with Gasteiger partial charge in [-0.15, -0.1) is 0 Å². The Morgan fingerprint density at radius 2 is 2.19 bits per heavy atom. The van der Waals surface area contributed by atoms with Crippen LogP contribution in [0, 0.1) is 5.92 Å². The summed E-state index contributed by atoms with van der Waals surface area (Å²) in [5.74, 6) is -0.875. The third kappa shape index (κ3) is 4.36. The monoisotopic (exact) mass is 311 g/mol. The van der Waals surface area contributed by atoms with Gasteiger partial charge in [-0.3, -0.25) is 9.59 Å². The van der Waals surface area contributed by atoms with Crippen LogP contribution in [0.1, 0.15) is 26.2 Å². The molecule has 3 atom stereocenters. The zero-order valence-corrected chi connectivity index (χ0v) is 12.5. The lowest BCUT2D eigenvalue weighted by molar-refractivity contribution is -0.141. The van der Waals surface area contributed by atoms with Crippen molar-refractivity contribution in [1.29, 1.82) is 0 Å². The summed E-state index contributed by atoms with van der Waals surface area (Å²) in [6, 6.07) is 6.75. The highest BCUT2D eigenvalue weighted by atomic mass is 35.5. The van der Waals surface area contributed by atoms with Crippen LogP contribution in [0.5, 0.6) is 5.75 Å². The van der Waals surface area contributed by atoms with Crippen molar-refractivity contribution in [3.8, 4) is 5.75 Å². The largest absolute Gasteiger partial charge is 0.481 e. The second-order valence-corrected chi connectivity index (χ2v) is 5.71. The molecule has 5 nitrogen and oxygen atoms in total. The Kier molecular flexibility index (Phi) is 5.07. The van der Waals surface area contributed by atoms with Gasteiger partial charge in [-0.05, 0) is 44.4 Å². The van der Waals surface area contributed by atoms with E-state index in [0.717, 1.165) is 0 Å². The highest BCUT2D eigenvalue weighted by Gasteiger charge is 2.31. The van der Waals surface area contributed by atoms with Gasteiger partial charge in [0.05, 0.1) is 5.92 Å². The molecule has 2 N–H and O–H groups in total. The van der Waals surface area contributed by atoms with E-state index in [1.807, 2.05) is 0 Å². The molecule has 0 heterocycles. The second-order valence-electron chi connectivity index (χ2n) is 5.27. The van der Waals surface area contributed by atoms with E-state index in [0.29, 0.717) is 30.0 Å². The highest BCUT2D eigenvalue weighted by Crippen LogP contribution is 2.26. The van der Waals surface area contributed by atoms with Crippen LogP contribution >= 0.6 is 11.6 Å². The van der Waals surface area contributed by atoms with Gasteiger partial charge in [0, 0.05) is 11.1 Å². The molecule has 1 saturated carbocycles. The maximum atomic E-state index is 12.0. The van der Waals surface area contributed by atoms with E-state index in [2.05, 4.69) is 5.32 Å². The number of rotatable bonds is 5. The highest BCUT2D eigenvalue weighted by molar-refractivity contribution is 6.30. The van der Waals surface area contributed by atoms with Gasteiger partial charge in [-0.1, -0.05) is 17.7 Å². The molecule has 0 saturated heterocycles. The number of amides is 1. The number of carboxylic acids is 1. The number of aliphatic carboxylic acids is 1. The first-order chi connectivity index (χ1) is 9.95. The molecule has 1 fully saturated rings. The Balaban J connectivity index is 1.84. The van der Waals surface area contributed by atoms with Gasteiger partial charge in [0.25, 0.3) is 5.91 Å². The molecule has 2 rings (SSSR count). The van der Waals surface area contributed by atoms with E-state index in [-0.39, 0.29) is 17.9 Å². The van der Waals surface area contributed by atoms with E-state index in [1.165, 1.54) is 0 Å². The molecular weight excluding hydrogens is 294 g/mol. The van der Waals surface area contributed by atoms with E-state index in [9.17, 15) is 9.59 Å². The summed E-state index contributed by atoms with van der Waals surface area (Å²) in [6.45, 7) is 1.65. The van der Waals surface area contributed by atoms with Crippen LogP contribution in [0.25, 0.3) is 0 Å². The topological polar surface area (TPSA) is 75.6 Å². The summed E-state index contributed by atoms with van der Waals surface area (Å²) in [5, 5.41) is 12.3. The molecule has 6 heteroatoms. The lowest BCUT2D eigenvalue weighted by Gasteiger charge is -2.18. The van der Waals surface area contributed by atoms with E-state index >= 15 is 0 Å². The van der Waals surface area contributed by atoms with Crippen LogP contribution in [0.3, 0.4) is 0 Å². The number of carbonyl (C=O) groups excluding carboxylic acids is 1. The molecule has 114 valence electrons. The van der Waals surface area contributed by atoms with Crippen molar-refractivity contribution in [2.24, 2.45) is 5.92 Å². The Hall–Kier alpha value is -1.75. The smallest absolute Gasteiger partial charge is 0.306 e. The van der Waals surface area contributed by atoms with Crippen molar-refractivity contribution in [3.63, 3.8) is 0 Å². The Bertz CT molecular complexity index is 534. The van der Waals surface area contributed by atoms with Gasteiger partial charge in [0.2, 0.25) is 0 Å². The van der Waals surface area contributed by atoms with Gasteiger partial charge >= 0.3 is 5.97 Å². The molecule has 1 aromatic rings. The van der Waals surface area contributed by atoms with Crippen molar-refractivity contribution >= 4 is 23.5 Å². The number of halogens is 1. The molecule has 1 aliphatic rings. The average Bonchev–Trinajstić information content (AvgIpc) is 2.87. The predicted octanol–water partition coefficient (Wildman–Crippen LogP) is 2.48. The fraction of sp³-hybridized carbons (Fsp3) is 0.467.